The van der Waals surface area contributed by atoms with Gasteiger partial charge in [0.15, 0.2) is 5.96 Å². The molecule has 2 aromatic carbocycles. The predicted molar refractivity (Wildman–Crippen MR) is 107 cm³/mol. The fraction of sp³-hybridized carbons (Fsp3) is 0.364. The quantitative estimate of drug-likeness (QED) is 0.834. The van der Waals surface area contributed by atoms with Crippen molar-refractivity contribution in [3.63, 3.8) is 0 Å². The van der Waals surface area contributed by atoms with Gasteiger partial charge in [-0.1, -0.05) is 36.4 Å². The van der Waals surface area contributed by atoms with Crippen LogP contribution in [0.3, 0.4) is 0 Å². The second kappa shape index (κ2) is 6.95. The number of aliphatic imine (C=N–C) groups is 1. The van der Waals surface area contributed by atoms with Gasteiger partial charge in [0, 0.05) is 19.1 Å². The van der Waals surface area contributed by atoms with Crippen LogP contribution < -0.4 is 5.73 Å². The van der Waals surface area contributed by atoms with E-state index in [4.69, 9.17) is 15.5 Å². The fourth-order valence-corrected chi connectivity index (χ4v) is 4.51. The van der Waals surface area contributed by atoms with Gasteiger partial charge in [0.25, 0.3) is 0 Å². The lowest BCUT2D eigenvalue weighted by Crippen LogP contribution is -2.46. The maximum atomic E-state index is 11.1. The van der Waals surface area contributed by atoms with E-state index in [1.807, 2.05) is 0 Å². The molecule has 1 atom stereocenters. The molecule has 2 heterocycles. The Bertz CT molecular complexity index is 917. The molecular weight excluding hydrogens is 352 g/mol. The number of amides is 1. The van der Waals surface area contributed by atoms with Crippen molar-refractivity contribution in [2.24, 2.45) is 10.7 Å². The van der Waals surface area contributed by atoms with Crippen molar-refractivity contribution < 1.29 is 9.53 Å². The van der Waals surface area contributed by atoms with E-state index in [1.54, 1.807) is 4.90 Å². The minimum atomic E-state index is -0.108. The van der Waals surface area contributed by atoms with Gasteiger partial charge in [-0.2, -0.15) is 0 Å². The van der Waals surface area contributed by atoms with E-state index >= 15 is 0 Å². The number of nitrogens with two attached hydrogens (primary N) is 1. The van der Waals surface area contributed by atoms with E-state index in [0.717, 1.165) is 37.0 Å². The van der Waals surface area contributed by atoms with Crippen LogP contribution in [0.4, 0.5) is 5.69 Å². The first-order valence-corrected chi connectivity index (χ1v) is 9.82. The maximum Gasteiger partial charge on any atom is 0.209 e. The normalized spacial score (nSPS) is 21.9. The van der Waals surface area contributed by atoms with Gasteiger partial charge < -0.3 is 20.3 Å². The number of fused-ring (bicyclic) bond motifs is 2. The van der Waals surface area contributed by atoms with Gasteiger partial charge in [-0.15, -0.1) is 0 Å². The SMILES string of the molecule is NC1=Nc2cc(C3CN(C=O)CCO3)ccc2CN1C1Cc2ccccc2C1. The zero-order valence-electron chi connectivity index (χ0n) is 15.8. The van der Waals surface area contributed by atoms with Gasteiger partial charge in [0.2, 0.25) is 6.41 Å². The standard InChI is InChI=1S/C22H24N4O2/c23-22-24-20-11-17(21-13-25(14-27)7-8-28-21)5-6-18(20)12-26(22)19-9-15-3-1-2-4-16(15)10-19/h1-6,11,14,19,21H,7-10,12-13H2,(H2,23,24). The van der Waals surface area contributed by atoms with Crippen LogP contribution in [0, 0.1) is 0 Å². The zero-order chi connectivity index (χ0) is 19.1. The molecule has 3 aliphatic rings. The highest BCUT2D eigenvalue weighted by atomic mass is 16.5. The summed E-state index contributed by atoms with van der Waals surface area (Å²) < 4.78 is 5.86. The van der Waals surface area contributed by atoms with Crippen molar-refractivity contribution in [2.75, 3.05) is 19.7 Å². The highest BCUT2D eigenvalue weighted by Gasteiger charge is 2.31. The van der Waals surface area contributed by atoms with Crippen LogP contribution in [0.2, 0.25) is 0 Å². The topological polar surface area (TPSA) is 71.2 Å². The molecule has 5 rings (SSSR count). The number of rotatable bonds is 3. The molecule has 0 bridgehead atoms. The maximum absolute atomic E-state index is 11.1. The Labute approximate surface area is 164 Å². The molecule has 28 heavy (non-hydrogen) atoms. The molecule has 144 valence electrons. The Balaban J connectivity index is 1.36. The smallest absolute Gasteiger partial charge is 0.209 e. The number of nitrogens with zero attached hydrogens (tertiary/aromatic N) is 3. The van der Waals surface area contributed by atoms with Crippen LogP contribution in [0.25, 0.3) is 0 Å². The molecule has 6 nitrogen and oxygen atoms in total. The summed E-state index contributed by atoms with van der Waals surface area (Å²) in [6, 6.07) is 15.3. The molecule has 0 spiro atoms. The monoisotopic (exact) mass is 376 g/mol. The molecule has 1 aliphatic carbocycles. The van der Waals surface area contributed by atoms with E-state index in [1.165, 1.54) is 16.7 Å². The number of guanidine groups is 1. The number of morpholine rings is 1. The third-order valence-corrected chi connectivity index (χ3v) is 6.07. The molecule has 2 N–H and O–H groups in total. The van der Waals surface area contributed by atoms with Crippen LogP contribution in [0.1, 0.15) is 28.4 Å². The van der Waals surface area contributed by atoms with Crippen molar-refractivity contribution >= 4 is 18.1 Å². The average molecular weight is 376 g/mol. The number of ether oxygens (including phenoxy) is 1. The predicted octanol–water partition coefficient (Wildman–Crippen LogP) is 2.15. The van der Waals surface area contributed by atoms with Gasteiger partial charge in [0.05, 0.1) is 18.8 Å². The molecule has 2 aromatic rings. The lowest BCUT2D eigenvalue weighted by atomic mass is 10.0. The van der Waals surface area contributed by atoms with E-state index in [0.29, 0.717) is 31.7 Å². The van der Waals surface area contributed by atoms with Crippen molar-refractivity contribution in [1.82, 2.24) is 9.80 Å². The van der Waals surface area contributed by atoms with Crippen LogP contribution in [0.5, 0.6) is 0 Å². The van der Waals surface area contributed by atoms with Crippen molar-refractivity contribution in [3.05, 3.63) is 64.7 Å². The van der Waals surface area contributed by atoms with E-state index in [9.17, 15) is 4.79 Å². The van der Waals surface area contributed by atoms with E-state index < -0.39 is 0 Å². The minimum absolute atomic E-state index is 0.108. The molecule has 0 aromatic heterocycles. The molecule has 0 saturated carbocycles. The Morgan fingerprint density at radius 2 is 1.89 bits per heavy atom. The number of carbonyl (C=O) groups is 1. The molecule has 1 fully saturated rings. The number of benzene rings is 2. The number of hydrogen-bond donors (Lipinski definition) is 1. The Hall–Kier alpha value is -2.86. The second-order valence-electron chi connectivity index (χ2n) is 7.78. The summed E-state index contributed by atoms with van der Waals surface area (Å²) in [4.78, 5) is 19.8. The Morgan fingerprint density at radius 3 is 2.64 bits per heavy atom. The largest absolute Gasteiger partial charge is 0.370 e. The third-order valence-electron chi connectivity index (χ3n) is 6.07. The van der Waals surface area contributed by atoms with Gasteiger partial charge in [-0.25, -0.2) is 4.99 Å². The highest BCUT2D eigenvalue weighted by molar-refractivity contribution is 5.84. The molecule has 1 saturated heterocycles. The summed E-state index contributed by atoms with van der Waals surface area (Å²) in [5.74, 6) is 0.585. The summed E-state index contributed by atoms with van der Waals surface area (Å²) in [6.45, 7) is 2.56. The van der Waals surface area contributed by atoms with Gasteiger partial charge >= 0.3 is 0 Å². The Morgan fingerprint density at radius 1 is 1.11 bits per heavy atom. The Kier molecular flexibility index (Phi) is 4.28. The second-order valence-corrected chi connectivity index (χ2v) is 7.78. The number of carbonyl (C=O) groups excluding carboxylic acids is 1. The van der Waals surface area contributed by atoms with Crippen LogP contribution in [0.15, 0.2) is 47.5 Å². The zero-order valence-corrected chi connectivity index (χ0v) is 15.8. The van der Waals surface area contributed by atoms with Gasteiger partial charge in [0.1, 0.15) is 6.10 Å². The number of hydrogen-bond acceptors (Lipinski definition) is 5. The summed E-state index contributed by atoms with van der Waals surface area (Å²) in [5.41, 5.74) is 12.3. The first-order chi connectivity index (χ1) is 13.7. The van der Waals surface area contributed by atoms with Crippen molar-refractivity contribution in [2.45, 2.75) is 31.5 Å². The van der Waals surface area contributed by atoms with E-state index in [-0.39, 0.29) is 6.10 Å². The molecule has 2 aliphatic heterocycles. The molecule has 6 heteroatoms. The first-order valence-electron chi connectivity index (χ1n) is 9.82. The third kappa shape index (κ3) is 3.03. The summed E-state index contributed by atoms with van der Waals surface area (Å²) in [6.07, 6.45) is 2.80. The highest BCUT2D eigenvalue weighted by Crippen LogP contribution is 2.34. The minimum Gasteiger partial charge on any atom is -0.370 e. The molecule has 1 unspecified atom stereocenters. The fourth-order valence-electron chi connectivity index (χ4n) is 4.51. The first kappa shape index (κ1) is 17.3. The van der Waals surface area contributed by atoms with Crippen LogP contribution >= 0.6 is 0 Å². The lowest BCUT2D eigenvalue weighted by molar-refractivity contribution is -0.125. The lowest BCUT2D eigenvalue weighted by Gasteiger charge is -2.34. The summed E-state index contributed by atoms with van der Waals surface area (Å²) in [5, 5.41) is 0. The van der Waals surface area contributed by atoms with E-state index in [2.05, 4.69) is 47.4 Å². The van der Waals surface area contributed by atoms with Gasteiger partial charge in [-0.05, 0) is 41.2 Å². The van der Waals surface area contributed by atoms with Crippen molar-refractivity contribution in [1.29, 1.82) is 0 Å². The molecular formula is C22H24N4O2. The van der Waals surface area contributed by atoms with Crippen molar-refractivity contribution in [3.8, 4) is 0 Å². The van der Waals surface area contributed by atoms with Gasteiger partial charge in [-0.3, -0.25) is 4.79 Å². The average Bonchev–Trinajstić information content (AvgIpc) is 3.17. The van der Waals surface area contributed by atoms with Crippen LogP contribution in [-0.2, 0) is 28.9 Å². The summed E-state index contributed by atoms with van der Waals surface area (Å²) >= 11 is 0. The summed E-state index contributed by atoms with van der Waals surface area (Å²) in [7, 11) is 0. The molecule has 0 radical (unpaired) electrons. The van der Waals surface area contributed by atoms with Crippen LogP contribution in [-0.4, -0.2) is 47.9 Å². The molecule has 1 amide bonds.